The lowest BCUT2D eigenvalue weighted by Gasteiger charge is -2.38. The van der Waals surface area contributed by atoms with Crippen LogP contribution < -0.4 is 16.1 Å². The van der Waals surface area contributed by atoms with E-state index in [9.17, 15) is 4.79 Å². The standard InChI is InChI=1S/C17H21BrN4O/c18-15-16(12-4-2-1-3-5-12)21-22-13(10-14(23)20-17(15)22)11-6-8-19-9-7-11/h1-5,10-11,15-17,19,21H,6-9H2,(H,20,23). The van der Waals surface area contributed by atoms with Gasteiger partial charge in [0.25, 0.3) is 0 Å². The molecule has 1 aromatic rings. The molecule has 3 atom stereocenters. The number of hydrogen-bond donors (Lipinski definition) is 3. The molecule has 6 heteroatoms. The van der Waals surface area contributed by atoms with Gasteiger partial charge in [-0.2, -0.15) is 0 Å². The fourth-order valence-electron chi connectivity index (χ4n) is 3.75. The van der Waals surface area contributed by atoms with Crippen LogP contribution in [-0.2, 0) is 4.79 Å². The van der Waals surface area contributed by atoms with E-state index in [-0.39, 0.29) is 22.9 Å². The van der Waals surface area contributed by atoms with Crippen molar-refractivity contribution >= 4 is 21.8 Å². The number of piperidine rings is 1. The second-order valence-electron chi connectivity index (χ2n) is 6.38. The summed E-state index contributed by atoms with van der Waals surface area (Å²) in [7, 11) is 0. The molecule has 3 aliphatic heterocycles. The highest BCUT2D eigenvalue weighted by molar-refractivity contribution is 9.09. The Kier molecular flexibility index (Phi) is 4.13. The molecule has 4 rings (SSSR count). The summed E-state index contributed by atoms with van der Waals surface area (Å²) in [6, 6.07) is 10.5. The normalized spacial score (nSPS) is 31.5. The first-order valence-corrected chi connectivity index (χ1v) is 9.13. The van der Waals surface area contributed by atoms with Gasteiger partial charge in [-0.1, -0.05) is 46.3 Å². The lowest BCUT2D eigenvalue weighted by Crippen LogP contribution is -2.54. The molecule has 5 nitrogen and oxygen atoms in total. The first kappa shape index (κ1) is 15.2. The third kappa shape index (κ3) is 2.79. The van der Waals surface area contributed by atoms with Crippen LogP contribution in [0.2, 0.25) is 0 Å². The van der Waals surface area contributed by atoms with Crippen LogP contribution in [0.1, 0.15) is 24.4 Å². The maximum atomic E-state index is 12.2. The largest absolute Gasteiger partial charge is 0.330 e. The Balaban J connectivity index is 1.62. The van der Waals surface area contributed by atoms with Gasteiger partial charge in [-0.25, -0.2) is 5.43 Å². The highest BCUT2D eigenvalue weighted by Gasteiger charge is 2.45. The van der Waals surface area contributed by atoms with Gasteiger partial charge in [-0.3, -0.25) is 9.80 Å². The van der Waals surface area contributed by atoms with Crippen molar-refractivity contribution in [2.24, 2.45) is 5.92 Å². The SMILES string of the molecule is O=C1C=C(C2CCNCC2)N2NC(c3ccccc3)C(Br)C2N1. The number of amides is 1. The highest BCUT2D eigenvalue weighted by Crippen LogP contribution is 2.38. The molecule has 0 spiro atoms. The Hall–Kier alpha value is -1.37. The van der Waals surface area contributed by atoms with E-state index in [4.69, 9.17) is 0 Å². The van der Waals surface area contributed by atoms with Crippen LogP contribution in [-0.4, -0.2) is 35.0 Å². The van der Waals surface area contributed by atoms with Crippen molar-refractivity contribution in [1.82, 2.24) is 21.1 Å². The number of benzene rings is 1. The minimum absolute atomic E-state index is 0.0137. The molecule has 3 unspecified atom stereocenters. The van der Waals surface area contributed by atoms with Crippen LogP contribution in [0.25, 0.3) is 0 Å². The van der Waals surface area contributed by atoms with E-state index in [0.717, 1.165) is 31.6 Å². The predicted octanol–water partition coefficient (Wildman–Crippen LogP) is 1.65. The molecule has 1 amide bonds. The first-order valence-electron chi connectivity index (χ1n) is 8.21. The Morgan fingerprint density at radius 1 is 1.13 bits per heavy atom. The summed E-state index contributed by atoms with van der Waals surface area (Å²) in [6.45, 7) is 2.03. The van der Waals surface area contributed by atoms with Gasteiger partial charge in [0.05, 0.1) is 10.9 Å². The molecule has 3 N–H and O–H groups in total. The molecule has 3 aliphatic rings. The van der Waals surface area contributed by atoms with E-state index in [0.29, 0.717) is 5.92 Å². The van der Waals surface area contributed by atoms with Crippen molar-refractivity contribution in [1.29, 1.82) is 0 Å². The van der Waals surface area contributed by atoms with E-state index in [2.05, 4.69) is 61.3 Å². The average Bonchev–Trinajstić information content (AvgIpc) is 2.93. The van der Waals surface area contributed by atoms with Crippen molar-refractivity contribution in [2.45, 2.75) is 29.9 Å². The van der Waals surface area contributed by atoms with E-state index < -0.39 is 0 Å². The summed E-state index contributed by atoms with van der Waals surface area (Å²) in [5.41, 5.74) is 5.96. The second kappa shape index (κ2) is 6.26. The van der Waals surface area contributed by atoms with Crippen LogP contribution in [0, 0.1) is 5.92 Å². The summed E-state index contributed by atoms with van der Waals surface area (Å²) in [5, 5.41) is 8.65. The number of nitrogens with one attached hydrogen (secondary N) is 3. The fraction of sp³-hybridized carbons (Fsp3) is 0.471. The van der Waals surface area contributed by atoms with Crippen LogP contribution in [0.5, 0.6) is 0 Å². The predicted molar refractivity (Wildman–Crippen MR) is 92.5 cm³/mol. The van der Waals surface area contributed by atoms with Gasteiger partial charge in [-0.05, 0) is 31.5 Å². The van der Waals surface area contributed by atoms with E-state index >= 15 is 0 Å². The number of fused-ring (bicyclic) bond motifs is 1. The number of alkyl halides is 1. The molecule has 2 saturated heterocycles. The zero-order chi connectivity index (χ0) is 15.8. The van der Waals surface area contributed by atoms with Gasteiger partial charge < -0.3 is 10.6 Å². The monoisotopic (exact) mass is 376 g/mol. The molecule has 0 aliphatic carbocycles. The van der Waals surface area contributed by atoms with E-state index in [1.807, 2.05) is 6.07 Å². The molecule has 0 aromatic heterocycles. The van der Waals surface area contributed by atoms with Crippen molar-refractivity contribution in [3.63, 3.8) is 0 Å². The number of carbonyl (C=O) groups is 1. The molecule has 0 saturated carbocycles. The minimum Gasteiger partial charge on any atom is -0.330 e. The van der Waals surface area contributed by atoms with Gasteiger partial charge in [0.2, 0.25) is 5.91 Å². The Bertz CT molecular complexity index is 614. The summed E-state index contributed by atoms with van der Waals surface area (Å²) in [5.74, 6) is 0.450. The maximum absolute atomic E-state index is 12.2. The van der Waals surface area contributed by atoms with Crippen molar-refractivity contribution in [2.75, 3.05) is 13.1 Å². The van der Waals surface area contributed by atoms with Gasteiger partial charge in [0, 0.05) is 17.7 Å². The molecule has 23 heavy (non-hydrogen) atoms. The van der Waals surface area contributed by atoms with Gasteiger partial charge in [0.15, 0.2) is 0 Å². The molecular weight excluding hydrogens is 356 g/mol. The maximum Gasteiger partial charge on any atom is 0.247 e. The lowest BCUT2D eigenvalue weighted by molar-refractivity contribution is -0.119. The summed E-state index contributed by atoms with van der Waals surface area (Å²) in [6.07, 6.45) is 3.87. The summed E-state index contributed by atoms with van der Waals surface area (Å²) in [4.78, 5) is 12.3. The number of allylic oxidation sites excluding steroid dienone is 1. The number of hydrogen-bond acceptors (Lipinski definition) is 4. The van der Waals surface area contributed by atoms with Crippen molar-refractivity contribution in [3.8, 4) is 0 Å². The molecule has 0 radical (unpaired) electrons. The van der Waals surface area contributed by atoms with E-state index in [1.54, 1.807) is 6.08 Å². The number of carbonyl (C=O) groups excluding carboxylic acids is 1. The minimum atomic E-state index is -0.0532. The average molecular weight is 377 g/mol. The Morgan fingerprint density at radius 3 is 2.61 bits per heavy atom. The molecule has 0 bridgehead atoms. The first-order chi connectivity index (χ1) is 11.2. The number of halogens is 1. The molecule has 2 fully saturated rings. The topological polar surface area (TPSA) is 56.4 Å². The molecule has 122 valence electrons. The number of nitrogens with zero attached hydrogens (tertiary/aromatic N) is 1. The van der Waals surface area contributed by atoms with Crippen LogP contribution in [0.15, 0.2) is 42.1 Å². The van der Waals surface area contributed by atoms with Gasteiger partial charge in [0.1, 0.15) is 6.17 Å². The molecular formula is C17H21BrN4O. The van der Waals surface area contributed by atoms with E-state index in [1.165, 1.54) is 5.56 Å². The van der Waals surface area contributed by atoms with Crippen LogP contribution in [0.4, 0.5) is 0 Å². The third-order valence-corrected chi connectivity index (χ3v) is 5.97. The van der Waals surface area contributed by atoms with Gasteiger partial charge in [-0.15, -0.1) is 0 Å². The summed E-state index contributed by atoms with van der Waals surface area (Å²) < 4.78 is 0. The smallest absolute Gasteiger partial charge is 0.247 e. The lowest BCUT2D eigenvalue weighted by atomic mass is 9.92. The highest BCUT2D eigenvalue weighted by atomic mass is 79.9. The zero-order valence-corrected chi connectivity index (χ0v) is 14.4. The number of rotatable bonds is 2. The third-order valence-electron chi connectivity index (χ3n) is 4.94. The van der Waals surface area contributed by atoms with Crippen LogP contribution >= 0.6 is 15.9 Å². The Morgan fingerprint density at radius 2 is 1.87 bits per heavy atom. The molecule has 1 aromatic carbocycles. The quantitative estimate of drug-likeness (QED) is 0.687. The van der Waals surface area contributed by atoms with Crippen LogP contribution in [0.3, 0.4) is 0 Å². The zero-order valence-electron chi connectivity index (χ0n) is 12.8. The van der Waals surface area contributed by atoms with Gasteiger partial charge >= 0.3 is 0 Å². The summed E-state index contributed by atoms with van der Waals surface area (Å²) >= 11 is 3.80. The fourth-order valence-corrected chi connectivity index (χ4v) is 4.54. The number of hydrazine groups is 1. The van der Waals surface area contributed by atoms with Crippen molar-refractivity contribution < 1.29 is 4.79 Å². The second-order valence-corrected chi connectivity index (χ2v) is 7.44. The van der Waals surface area contributed by atoms with Crippen molar-refractivity contribution in [3.05, 3.63) is 47.7 Å². The molecule has 3 heterocycles. The Labute approximate surface area is 144 Å².